The quantitative estimate of drug-likeness (QED) is 0.853. The summed E-state index contributed by atoms with van der Waals surface area (Å²) in [6, 6.07) is 1.82. The van der Waals surface area contributed by atoms with E-state index < -0.39 is 11.6 Å². The first-order chi connectivity index (χ1) is 9.56. The van der Waals surface area contributed by atoms with Gasteiger partial charge in [0.15, 0.2) is 11.6 Å². The second kappa shape index (κ2) is 5.96. The van der Waals surface area contributed by atoms with E-state index in [2.05, 4.69) is 10.1 Å². The van der Waals surface area contributed by atoms with Gasteiger partial charge in [0.25, 0.3) is 5.89 Å². The molecule has 0 bridgehead atoms. The number of nitrogens with zero attached hydrogens (tertiary/aromatic N) is 2. The first-order valence-electron chi connectivity index (χ1n) is 6.18. The molecule has 0 aliphatic heterocycles. The fraction of sp³-hybridized carbons (Fsp3) is 0.385. The lowest BCUT2D eigenvalue weighted by atomic mass is 10.1. The number of rotatable bonds is 5. The minimum absolute atomic E-state index is 0.0311. The van der Waals surface area contributed by atoms with Crippen LogP contribution in [0.15, 0.2) is 16.7 Å². The zero-order valence-corrected chi connectivity index (χ0v) is 11.2. The molecule has 0 aliphatic rings. The van der Waals surface area contributed by atoms with Gasteiger partial charge in [-0.05, 0) is 12.5 Å². The molecule has 1 aromatic carbocycles. The number of aromatic nitrogens is 2. The van der Waals surface area contributed by atoms with Crippen LogP contribution in [0.2, 0.25) is 0 Å². The van der Waals surface area contributed by atoms with Crippen molar-refractivity contribution in [2.45, 2.75) is 25.9 Å². The molecule has 0 aliphatic carbocycles. The Labute approximate surface area is 114 Å². The smallest absolute Gasteiger partial charge is 0.260 e. The predicted molar refractivity (Wildman–Crippen MR) is 68.7 cm³/mol. The van der Waals surface area contributed by atoms with Gasteiger partial charge >= 0.3 is 0 Å². The summed E-state index contributed by atoms with van der Waals surface area (Å²) >= 11 is 0. The van der Waals surface area contributed by atoms with Crippen LogP contribution in [0.4, 0.5) is 14.5 Å². The maximum atomic E-state index is 13.3. The number of anilines is 1. The predicted octanol–water partition coefficient (Wildman–Crippen LogP) is 3.08. The maximum absolute atomic E-state index is 13.3. The standard InChI is InChI=1S/C13H15F2N3O2/c1-3-4-11(19-2)12-17-13(20-18-12)7-5-8(14)9(15)6-10(7)16/h5-6,11H,3-4,16H2,1-2H3. The largest absolute Gasteiger partial charge is 0.398 e. The Morgan fingerprint density at radius 3 is 2.70 bits per heavy atom. The molecule has 1 unspecified atom stereocenters. The lowest BCUT2D eigenvalue weighted by Gasteiger charge is -2.08. The Morgan fingerprint density at radius 1 is 1.35 bits per heavy atom. The molecule has 1 aromatic heterocycles. The molecule has 0 amide bonds. The lowest BCUT2D eigenvalue weighted by molar-refractivity contribution is 0.0854. The van der Waals surface area contributed by atoms with E-state index in [-0.39, 0.29) is 23.2 Å². The second-order valence-corrected chi connectivity index (χ2v) is 4.32. The number of benzene rings is 1. The molecule has 1 atom stereocenters. The van der Waals surface area contributed by atoms with Gasteiger partial charge in [0.2, 0.25) is 5.82 Å². The van der Waals surface area contributed by atoms with Crippen molar-refractivity contribution in [1.82, 2.24) is 10.1 Å². The molecule has 7 heteroatoms. The molecule has 0 radical (unpaired) electrons. The summed E-state index contributed by atoms with van der Waals surface area (Å²) in [6.45, 7) is 2.00. The van der Waals surface area contributed by atoms with Crippen LogP contribution in [0, 0.1) is 11.6 Å². The van der Waals surface area contributed by atoms with Crippen molar-refractivity contribution in [3.05, 3.63) is 29.6 Å². The molecule has 2 aromatic rings. The van der Waals surface area contributed by atoms with E-state index in [1.54, 1.807) is 7.11 Å². The second-order valence-electron chi connectivity index (χ2n) is 4.32. The van der Waals surface area contributed by atoms with Gasteiger partial charge in [-0.3, -0.25) is 0 Å². The Morgan fingerprint density at radius 2 is 2.05 bits per heavy atom. The van der Waals surface area contributed by atoms with E-state index in [1.165, 1.54) is 0 Å². The van der Waals surface area contributed by atoms with Crippen LogP contribution in [0.3, 0.4) is 0 Å². The Balaban J connectivity index is 2.35. The van der Waals surface area contributed by atoms with Gasteiger partial charge in [-0.15, -0.1) is 0 Å². The summed E-state index contributed by atoms with van der Waals surface area (Å²) in [5.41, 5.74) is 5.83. The first kappa shape index (κ1) is 14.4. The highest BCUT2D eigenvalue weighted by molar-refractivity contribution is 5.70. The van der Waals surface area contributed by atoms with Crippen LogP contribution < -0.4 is 5.73 Å². The monoisotopic (exact) mass is 283 g/mol. The minimum atomic E-state index is -1.02. The van der Waals surface area contributed by atoms with E-state index >= 15 is 0 Å². The first-order valence-corrected chi connectivity index (χ1v) is 6.18. The molecule has 2 N–H and O–H groups in total. The summed E-state index contributed by atoms with van der Waals surface area (Å²) < 4.78 is 36.6. The average molecular weight is 283 g/mol. The highest BCUT2D eigenvalue weighted by Crippen LogP contribution is 2.28. The number of hydrogen-bond donors (Lipinski definition) is 1. The Bertz CT molecular complexity index is 601. The van der Waals surface area contributed by atoms with Gasteiger partial charge in [-0.25, -0.2) is 8.78 Å². The molecule has 2 rings (SSSR count). The molecule has 1 heterocycles. The van der Waals surface area contributed by atoms with Crippen molar-refractivity contribution in [2.75, 3.05) is 12.8 Å². The van der Waals surface area contributed by atoms with E-state index in [1.807, 2.05) is 6.92 Å². The van der Waals surface area contributed by atoms with Gasteiger partial charge in [-0.2, -0.15) is 4.98 Å². The van der Waals surface area contributed by atoms with Crippen LogP contribution >= 0.6 is 0 Å². The molecule has 0 spiro atoms. The summed E-state index contributed by atoms with van der Waals surface area (Å²) in [5.74, 6) is -1.65. The van der Waals surface area contributed by atoms with Gasteiger partial charge in [0.1, 0.15) is 6.10 Å². The van der Waals surface area contributed by atoms with Crippen molar-refractivity contribution in [3.8, 4) is 11.5 Å². The summed E-state index contributed by atoms with van der Waals surface area (Å²) in [5, 5.41) is 3.79. The topological polar surface area (TPSA) is 74.2 Å². The molecular formula is C13H15F2N3O2. The van der Waals surface area contributed by atoms with E-state index in [0.29, 0.717) is 5.82 Å². The van der Waals surface area contributed by atoms with Crippen molar-refractivity contribution < 1.29 is 18.0 Å². The maximum Gasteiger partial charge on any atom is 0.260 e. The average Bonchev–Trinajstić information content (AvgIpc) is 2.89. The van der Waals surface area contributed by atoms with Gasteiger partial charge in [0.05, 0.1) is 5.56 Å². The highest BCUT2D eigenvalue weighted by atomic mass is 19.2. The molecule has 5 nitrogen and oxygen atoms in total. The molecule has 0 fully saturated rings. The van der Waals surface area contributed by atoms with Crippen LogP contribution in [0.5, 0.6) is 0 Å². The third-order valence-electron chi connectivity index (χ3n) is 2.89. The van der Waals surface area contributed by atoms with Crippen LogP contribution in [0.1, 0.15) is 31.7 Å². The van der Waals surface area contributed by atoms with Crippen LogP contribution in [0.25, 0.3) is 11.5 Å². The van der Waals surface area contributed by atoms with Crippen LogP contribution in [-0.4, -0.2) is 17.3 Å². The SMILES string of the molecule is CCCC(OC)c1noc(-c2cc(F)c(F)cc2N)n1. The zero-order valence-electron chi connectivity index (χ0n) is 11.2. The Hall–Kier alpha value is -2.02. The summed E-state index contributed by atoms with van der Waals surface area (Å²) in [7, 11) is 1.54. The highest BCUT2D eigenvalue weighted by Gasteiger charge is 2.20. The molecular weight excluding hydrogens is 268 g/mol. The van der Waals surface area contributed by atoms with Crippen molar-refractivity contribution >= 4 is 5.69 Å². The number of hydrogen-bond acceptors (Lipinski definition) is 5. The fourth-order valence-corrected chi connectivity index (χ4v) is 1.84. The number of ether oxygens (including phenoxy) is 1. The third-order valence-corrected chi connectivity index (χ3v) is 2.89. The number of nitrogens with two attached hydrogens (primary N) is 1. The lowest BCUT2D eigenvalue weighted by Crippen LogP contribution is -2.03. The number of halogens is 2. The zero-order chi connectivity index (χ0) is 14.7. The minimum Gasteiger partial charge on any atom is -0.398 e. The number of methoxy groups -OCH3 is 1. The summed E-state index contributed by atoms with van der Waals surface area (Å²) in [6.07, 6.45) is 1.31. The third kappa shape index (κ3) is 2.77. The molecule has 108 valence electrons. The van der Waals surface area contributed by atoms with Crippen molar-refractivity contribution in [1.29, 1.82) is 0 Å². The number of nitrogen functional groups attached to an aromatic ring is 1. The van der Waals surface area contributed by atoms with E-state index in [0.717, 1.165) is 25.0 Å². The normalized spacial score (nSPS) is 12.6. The van der Waals surface area contributed by atoms with Crippen molar-refractivity contribution in [3.63, 3.8) is 0 Å². The van der Waals surface area contributed by atoms with Crippen molar-refractivity contribution in [2.24, 2.45) is 0 Å². The molecule has 0 saturated carbocycles. The van der Waals surface area contributed by atoms with Gasteiger partial charge in [0, 0.05) is 18.9 Å². The van der Waals surface area contributed by atoms with Crippen LogP contribution in [-0.2, 0) is 4.74 Å². The van der Waals surface area contributed by atoms with Gasteiger partial charge in [-0.1, -0.05) is 18.5 Å². The Kier molecular flexibility index (Phi) is 4.29. The van der Waals surface area contributed by atoms with E-state index in [4.69, 9.17) is 15.0 Å². The molecule has 20 heavy (non-hydrogen) atoms. The fourth-order valence-electron chi connectivity index (χ4n) is 1.84. The van der Waals surface area contributed by atoms with Gasteiger partial charge < -0.3 is 15.0 Å². The van der Waals surface area contributed by atoms with E-state index in [9.17, 15) is 8.78 Å². The summed E-state index contributed by atoms with van der Waals surface area (Å²) in [4.78, 5) is 4.13. The molecule has 0 saturated heterocycles.